The standard InChI is InChI=1S/C21H24N2O4/c1-14(2)27-19-6-4-5-16(12-19)22-21(25)15-11-20(24)23(13-15)17-7-9-18(26-3)10-8-17/h4-10,12,14-15H,11,13H2,1-3H3,(H,22,25)/t15-/m1/s1. The molecule has 2 aromatic rings. The topological polar surface area (TPSA) is 67.9 Å². The van der Waals surface area contributed by atoms with Crippen molar-refractivity contribution in [2.45, 2.75) is 26.4 Å². The summed E-state index contributed by atoms with van der Waals surface area (Å²) in [5.41, 5.74) is 1.43. The molecule has 0 saturated carbocycles. The van der Waals surface area contributed by atoms with Crippen LogP contribution >= 0.6 is 0 Å². The van der Waals surface area contributed by atoms with Gasteiger partial charge in [-0.3, -0.25) is 9.59 Å². The van der Waals surface area contributed by atoms with Crippen molar-refractivity contribution in [1.82, 2.24) is 0 Å². The Balaban J connectivity index is 1.65. The number of nitrogens with one attached hydrogen (secondary N) is 1. The molecule has 0 aliphatic carbocycles. The van der Waals surface area contributed by atoms with Crippen molar-refractivity contribution in [3.05, 3.63) is 48.5 Å². The quantitative estimate of drug-likeness (QED) is 0.848. The molecular formula is C21H24N2O4. The van der Waals surface area contributed by atoms with Crippen LogP contribution in [0.2, 0.25) is 0 Å². The monoisotopic (exact) mass is 368 g/mol. The highest BCUT2D eigenvalue weighted by Gasteiger charge is 2.35. The van der Waals surface area contributed by atoms with Gasteiger partial charge in [-0.05, 0) is 50.2 Å². The number of nitrogens with zero attached hydrogens (tertiary/aromatic N) is 1. The van der Waals surface area contributed by atoms with E-state index in [1.165, 1.54) is 0 Å². The van der Waals surface area contributed by atoms with E-state index in [1.807, 2.05) is 44.2 Å². The van der Waals surface area contributed by atoms with Crippen LogP contribution in [0, 0.1) is 5.92 Å². The molecule has 0 radical (unpaired) electrons. The van der Waals surface area contributed by atoms with Gasteiger partial charge in [0.05, 0.1) is 19.1 Å². The summed E-state index contributed by atoms with van der Waals surface area (Å²) in [5.74, 6) is 0.806. The Morgan fingerprint density at radius 3 is 2.56 bits per heavy atom. The third kappa shape index (κ3) is 4.58. The van der Waals surface area contributed by atoms with E-state index in [2.05, 4.69) is 5.32 Å². The van der Waals surface area contributed by atoms with Crippen LogP contribution < -0.4 is 19.7 Å². The molecule has 0 bridgehead atoms. The van der Waals surface area contributed by atoms with Crippen LogP contribution in [0.15, 0.2) is 48.5 Å². The van der Waals surface area contributed by atoms with Gasteiger partial charge in [0.1, 0.15) is 11.5 Å². The highest BCUT2D eigenvalue weighted by molar-refractivity contribution is 6.03. The number of amides is 2. The fraction of sp³-hybridized carbons (Fsp3) is 0.333. The molecule has 2 aromatic carbocycles. The minimum Gasteiger partial charge on any atom is -0.497 e. The molecule has 1 saturated heterocycles. The normalized spacial score (nSPS) is 16.5. The molecular weight excluding hydrogens is 344 g/mol. The first-order chi connectivity index (χ1) is 13.0. The second kappa shape index (κ2) is 8.12. The number of anilines is 2. The Kier molecular flexibility index (Phi) is 5.64. The van der Waals surface area contributed by atoms with Crippen molar-refractivity contribution < 1.29 is 19.1 Å². The van der Waals surface area contributed by atoms with E-state index >= 15 is 0 Å². The van der Waals surface area contributed by atoms with E-state index < -0.39 is 5.92 Å². The maximum Gasteiger partial charge on any atom is 0.229 e. The van der Waals surface area contributed by atoms with Crippen LogP contribution in [0.1, 0.15) is 20.3 Å². The molecule has 27 heavy (non-hydrogen) atoms. The smallest absolute Gasteiger partial charge is 0.229 e. The van der Waals surface area contributed by atoms with E-state index in [0.29, 0.717) is 18.0 Å². The van der Waals surface area contributed by atoms with Crippen LogP contribution in [0.25, 0.3) is 0 Å². The van der Waals surface area contributed by atoms with Crippen molar-refractivity contribution in [2.24, 2.45) is 5.92 Å². The minimum absolute atomic E-state index is 0.0569. The van der Waals surface area contributed by atoms with Crippen LogP contribution in [0.5, 0.6) is 11.5 Å². The predicted molar refractivity (Wildman–Crippen MR) is 104 cm³/mol. The molecule has 0 spiro atoms. The third-order valence-corrected chi connectivity index (χ3v) is 4.35. The van der Waals surface area contributed by atoms with E-state index in [1.54, 1.807) is 30.2 Å². The lowest BCUT2D eigenvalue weighted by atomic mass is 10.1. The first kappa shape index (κ1) is 18.8. The molecule has 1 atom stereocenters. The van der Waals surface area contributed by atoms with Crippen molar-refractivity contribution in [3.63, 3.8) is 0 Å². The van der Waals surface area contributed by atoms with Gasteiger partial charge in [0.2, 0.25) is 11.8 Å². The summed E-state index contributed by atoms with van der Waals surface area (Å²) in [4.78, 5) is 26.6. The third-order valence-electron chi connectivity index (χ3n) is 4.35. The molecule has 1 aliphatic rings. The molecule has 1 fully saturated rings. The van der Waals surface area contributed by atoms with Crippen molar-refractivity contribution in [1.29, 1.82) is 0 Å². The first-order valence-electron chi connectivity index (χ1n) is 8.98. The molecule has 6 nitrogen and oxygen atoms in total. The Morgan fingerprint density at radius 2 is 1.89 bits per heavy atom. The Labute approximate surface area is 159 Å². The highest BCUT2D eigenvalue weighted by atomic mass is 16.5. The summed E-state index contributed by atoms with van der Waals surface area (Å²) in [7, 11) is 1.59. The molecule has 0 unspecified atom stereocenters. The number of methoxy groups -OCH3 is 1. The van der Waals surface area contributed by atoms with Gasteiger partial charge in [0.25, 0.3) is 0 Å². The maximum absolute atomic E-state index is 12.6. The molecule has 1 N–H and O–H groups in total. The van der Waals surface area contributed by atoms with Gasteiger partial charge in [-0.2, -0.15) is 0 Å². The zero-order valence-electron chi connectivity index (χ0n) is 15.8. The van der Waals surface area contributed by atoms with Gasteiger partial charge in [-0.1, -0.05) is 6.07 Å². The summed E-state index contributed by atoms with van der Waals surface area (Å²) in [5, 5.41) is 2.89. The highest BCUT2D eigenvalue weighted by Crippen LogP contribution is 2.28. The van der Waals surface area contributed by atoms with E-state index in [0.717, 1.165) is 11.4 Å². The number of ether oxygens (including phenoxy) is 2. The lowest BCUT2D eigenvalue weighted by molar-refractivity contribution is -0.122. The number of hydrogen-bond donors (Lipinski definition) is 1. The summed E-state index contributed by atoms with van der Waals surface area (Å²) in [6, 6.07) is 14.5. The second-order valence-electron chi connectivity index (χ2n) is 6.79. The van der Waals surface area contributed by atoms with Gasteiger partial charge in [-0.25, -0.2) is 0 Å². The van der Waals surface area contributed by atoms with Crippen LogP contribution in [0.3, 0.4) is 0 Å². The summed E-state index contributed by atoms with van der Waals surface area (Å²) in [6.45, 7) is 4.26. The zero-order valence-corrected chi connectivity index (χ0v) is 15.8. The van der Waals surface area contributed by atoms with Crippen molar-refractivity contribution in [3.8, 4) is 11.5 Å². The number of rotatable bonds is 6. The minimum atomic E-state index is -0.394. The molecule has 2 amide bonds. The van der Waals surface area contributed by atoms with Crippen molar-refractivity contribution in [2.75, 3.05) is 23.9 Å². The van der Waals surface area contributed by atoms with Gasteiger partial charge in [-0.15, -0.1) is 0 Å². The van der Waals surface area contributed by atoms with Gasteiger partial charge in [0, 0.05) is 30.4 Å². The lowest BCUT2D eigenvalue weighted by Crippen LogP contribution is -2.28. The SMILES string of the molecule is COc1ccc(N2C[C@H](C(=O)Nc3cccc(OC(C)C)c3)CC2=O)cc1. The Morgan fingerprint density at radius 1 is 1.15 bits per heavy atom. The number of carbonyl (C=O) groups excluding carboxylic acids is 2. The number of benzene rings is 2. The second-order valence-corrected chi connectivity index (χ2v) is 6.79. The van der Waals surface area contributed by atoms with Crippen LogP contribution in [-0.2, 0) is 9.59 Å². The zero-order chi connectivity index (χ0) is 19.4. The van der Waals surface area contributed by atoms with E-state index in [-0.39, 0.29) is 24.3 Å². The number of carbonyl (C=O) groups is 2. The lowest BCUT2D eigenvalue weighted by Gasteiger charge is -2.17. The Bertz CT molecular complexity index is 817. The Hall–Kier alpha value is -3.02. The van der Waals surface area contributed by atoms with E-state index in [4.69, 9.17) is 9.47 Å². The molecule has 1 aliphatic heterocycles. The molecule has 3 rings (SSSR count). The van der Waals surface area contributed by atoms with Crippen LogP contribution in [0.4, 0.5) is 11.4 Å². The fourth-order valence-electron chi connectivity index (χ4n) is 3.06. The average molecular weight is 368 g/mol. The fourth-order valence-corrected chi connectivity index (χ4v) is 3.06. The molecule has 142 valence electrons. The summed E-state index contributed by atoms with van der Waals surface area (Å²) >= 11 is 0. The van der Waals surface area contributed by atoms with Gasteiger partial charge < -0.3 is 19.7 Å². The number of hydrogen-bond acceptors (Lipinski definition) is 4. The summed E-state index contributed by atoms with van der Waals surface area (Å²) in [6.07, 6.45) is 0.251. The maximum atomic E-state index is 12.6. The molecule has 6 heteroatoms. The summed E-state index contributed by atoms with van der Waals surface area (Å²) < 4.78 is 10.8. The van der Waals surface area contributed by atoms with Gasteiger partial charge in [0.15, 0.2) is 0 Å². The predicted octanol–water partition coefficient (Wildman–Crippen LogP) is 3.47. The average Bonchev–Trinajstić information content (AvgIpc) is 3.03. The molecule has 0 aromatic heterocycles. The van der Waals surface area contributed by atoms with Gasteiger partial charge >= 0.3 is 0 Å². The molecule has 1 heterocycles. The van der Waals surface area contributed by atoms with E-state index in [9.17, 15) is 9.59 Å². The van der Waals surface area contributed by atoms with Crippen molar-refractivity contribution >= 4 is 23.2 Å². The first-order valence-corrected chi connectivity index (χ1v) is 8.98. The van der Waals surface area contributed by atoms with Crippen LogP contribution in [-0.4, -0.2) is 31.6 Å². The largest absolute Gasteiger partial charge is 0.497 e.